The molecule has 2 heteroatoms. The second-order valence-corrected chi connectivity index (χ2v) is 5.26. The molecule has 93 valence electrons. The molecule has 1 nitrogen and oxygen atoms in total. The molecule has 0 spiro atoms. The van der Waals surface area contributed by atoms with Gasteiger partial charge in [-0.05, 0) is 32.6 Å². The molecule has 1 aliphatic rings. The van der Waals surface area contributed by atoms with Gasteiger partial charge in [-0.2, -0.15) is 5.92 Å². The summed E-state index contributed by atoms with van der Waals surface area (Å²) in [6.45, 7) is 15.8. The van der Waals surface area contributed by atoms with Gasteiger partial charge in [-0.1, -0.05) is 24.0 Å². The number of hydrogen-bond acceptors (Lipinski definition) is 1. The summed E-state index contributed by atoms with van der Waals surface area (Å²) in [5.41, 5.74) is 1.18. The van der Waals surface area contributed by atoms with Crippen molar-refractivity contribution in [3.63, 3.8) is 0 Å². The van der Waals surface area contributed by atoms with Gasteiger partial charge in [0, 0.05) is 50.0 Å². The van der Waals surface area contributed by atoms with Crippen LogP contribution in [0.25, 0.3) is 0 Å². The molecule has 1 fully saturated rings. The van der Waals surface area contributed by atoms with Gasteiger partial charge in [0.15, 0.2) is 0 Å². The quantitative estimate of drug-likeness (QED) is 0.464. The fourth-order valence-corrected chi connectivity index (χ4v) is 2.85. The van der Waals surface area contributed by atoms with Crippen LogP contribution in [0.2, 0.25) is 0 Å². The topological polar surface area (TPSA) is 17.1 Å². The Bertz CT molecular complexity index is 295. The molecule has 0 aliphatic heterocycles. The molecule has 0 aromatic heterocycles. The summed E-state index contributed by atoms with van der Waals surface area (Å²) in [6, 6.07) is 0. The Morgan fingerprint density at radius 1 is 1.47 bits per heavy atom. The van der Waals surface area contributed by atoms with Crippen molar-refractivity contribution in [2.45, 2.75) is 33.1 Å². The van der Waals surface area contributed by atoms with Gasteiger partial charge < -0.3 is 6.92 Å². The average molecular weight is 446 g/mol. The smallest absolute Gasteiger partial charge is 0.132 e. The van der Waals surface area contributed by atoms with E-state index in [4.69, 9.17) is 0 Å². The van der Waals surface area contributed by atoms with Gasteiger partial charge in [0.05, 0.1) is 0 Å². The fourth-order valence-electron chi connectivity index (χ4n) is 2.85. The molecular formula is C15H23AcO-. The van der Waals surface area contributed by atoms with Crippen LogP contribution in [0.5, 0.6) is 0 Å². The third kappa shape index (κ3) is 5.00. The van der Waals surface area contributed by atoms with Gasteiger partial charge in [-0.3, -0.25) is 4.79 Å². The molecule has 0 heterocycles. The Morgan fingerprint density at radius 2 is 2.06 bits per heavy atom. The average Bonchev–Trinajstić information content (AvgIpc) is 2.60. The first-order chi connectivity index (χ1) is 7.45. The van der Waals surface area contributed by atoms with Crippen LogP contribution in [0, 0.1) is 74.7 Å². The second kappa shape index (κ2) is 7.90. The van der Waals surface area contributed by atoms with Gasteiger partial charge in [-0.25, -0.2) is 0 Å². The Labute approximate surface area is 142 Å². The summed E-state index contributed by atoms with van der Waals surface area (Å²) >= 11 is 0. The summed E-state index contributed by atoms with van der Waals surface area (Å²) < 4.78 is 0. The number of carbonyl (C=O) groups excluding carboxylic acids is 1. The van der Waals surface area contributed by atoms with E-state index in [0.717, 1.165) is 19.3 Å². The molecule has 1 aliphatic carbocycles. The molecule has 0 N–H and O–H groups in total. The predicted octanol–water partition coefficient (Wildman–Crippen LogP) is 3.82. The van der Waals surface area contributed by atoms with Crippen LogP contribution in [0.4, 0.5) is 0 Å². The van der Waals surface area contributed by atoms with E-state index in [2.05, 4.69) is 20.1 Å². The van der Waals surface area contributed by atoms with Gasteiger partial charge in [0.1, 0.15) is 5.78 Å². The zero-order valence-corrected chi connectivity index (χ0v) is 15.9. The fraction of sp³-hybridized carbons (Fsp3) is 0.600. The van der Waals surface area contributed by atoms with Crippen LogP contribution in [0.1, 0.15) is 33.1 Å². The Balaban J connectivity index is 0.00000256. The van der Waals surface area contributed by atoms with Crippen molar-refractivity contribution in [3.05, 3.63) is 31.7 Å². The summed E-state index contributed by atoms with van der Waals surface area (Å²) in [5, 5.41) is 0. The van der Waals surface area contributed by atoms with Crippen LogP contribution in [0.15, 0.2) is 24.8 Å². The number of carbonyl (C=O) groups is 1. The first kappa shape index (κ1) is 17.6. The predicted molar refractivity (Wildman–Crippen MR) is 68.9 cm³/mol. The minimum absolute atomic E-state index is 0. The van der Waals surface area contributed by atoms with E-state index < -0.39 is 0 Å². The molecule has 1 rings (SSSR count). The first-order valence-corrected chi connectivity index (χ1v) is 6.06. The maximum absolute atomic E-state index is 11.4. The number of rotatable bonds is 5. The van der Waals surface area contributed by atoms with Crippen molar-refractivity contribution in [3.8, 4) is 0 Å². The minimum atomic E-state index is 0. The number of Topliss-reactive ketones (excluding diaryl/α,β-unsaturated/α-hetero) is 1. The Morgan fingerprint density at radius 3 is 2.47 bits per heavy atom. The van der Waals surface area contributed by atoms with Gasteiger partial charge in [0.2, 0.25) is 0 Å². The summed E-state index contributed by atoms with van der Waals surface area (Å²) in [6.07, 6.45) is 4.91. The largest absolute Gasteiger partial charge is 0.340 e. The summed E-state index contributed by atoms with van der Waals surface area (Å²) in [5.74, 6) is 1.86. The van der Waals surface area contributed by atoms with E-state index in [0.29, 0.717) is 23.5 Å². The number of hydrogen-bond donors (Lipinski definition) is 0. The monoisotopic (exact) mass is 446 g/mol. The number of allylic oxidation sites excluding steroid dienone is 2. The van der Waals surface area contributed by atoms with E-state index in [1.807, 2.05) is 13.0 Å². The van der Waals surface area contributed by atoms with E-state index >= 15 is 0 Å². The molecule has 0 aromatic rings. The molecule has 1 radical (unpaired) electrons. The molecule has 1 saturated carbocycles. The van der Waals surface area contributed by atoms with Crippen molar-refractivity contribution in [1.29, 1.82) is 0 Å². The molecule has 0 bridgehead atoms. The standard InChI is InChI=1S/C15H23O.Ac/c1-6-13-8-14(12(5)16)9-15(13)11(4)7-10(2)3;/h6,11,13-15H,1-2,4,7-9H2,3,5H3;/q-1;. The molecule has 0 saturated heterocycles. The van der Waals surface area contributed by atoms with E-state index in [1.54, 1.807) is 6.92 Å². The molecule has 4 unspecified atom stereocenters. The van der Waals surface area contributed by atoms with Crippen molar-refractivity contribution in [2.75, 3.05) is 0 Å². The normalized spacial score (nSPS) is 29.2. The van der Waals surface area contributed by atoms with Crippen molar-refractivity contribution in [2.24, 2.45) is 23.7 Å². The maximum atomic E-state index is 11.4. The SMILES string of the molecule is C=CC1CC(C(C)=O)CC1C([CH2-])CC(=C)C.[Ac]. The molecular weight excluding hydrogens is 423 g/mol. The van der Waals surface area contributed by atoms with Gasteiger partial charge in [0.25, 0.3) is 0 Å². The van der Waals surface area contributed by atoms with Crippen LogP contribution in [-0.2, 0) is 4.79 Å². The Hall–Kier alpha value is 0.592. The Kier molecular flexibility index (Phi) is 8.18. The molecule has 4 atom stereocenters. The maximum Gasteiger partial charge on any atom is 0.132 e. The van der Waals surface area contributed by atoms with Crippen molar-refractivity contribution in [1.82, 2.24) is 0 Å². The van der Waals surface area contributed by atoms with Crippen molar-refractivity contribution >= 4 is 5.78 Å². The van der Waals surface area contributed by atoms with Gasteiger partial charge >= 0.3 is 0 Å². The van der Waals surface area contributed by atoms with E-state index in [9.17, 15) is 4.79 Å². The third-order valence-corrected chi connectivity index (χ3v) is 3.76. The minimum Gasteiger partial charge on any atom is -0.340 e. The van der Waals surface area contributed by atoms with E-state index in [-0.39, 0.29) is 50.0 Å². The zero-order valence-electron chi connectivity index (χ0n) is 11.1. The van der Waals surface area contributed by atoms with Crippen LogP contribution < -0.4 is 0 Å². The summed E-state index contributed by atoms with van der Waals surface area (Å²) in [7, 11) is 0. The van der Waals surface area contributed by atoms with Crippen LogP contribution in [0.3, 0.4) is 0 Å². The molecule has 0 aromatic carbocycles. The third-order valence-electron chi connectivity index (χ3n) is 3.76. The number of ketones is 1. The van der Waals surface area contributed by atoms with E-state index in [1.165, 1.54) is 5.57 Å². The first-order valence-electron chi connectivity index (χ1n) is 6.06. The summed E-state index contributed by atoms with van der Waals surface area (Å²) in [4.78, 5) is 11.4. The second-order valence-electron chi connectivity index (χ2n) is 5.26. The van der Waals surface area contributed by atoms with Gasteiger partial charge in [-0.15, -0.1) is 13.2 Å². The van der Waals surface area contributed by atoms with Crippen molar-refractivity contribution < 1.29 is 48.9 Å². The van der Waals surface area contributed by atoms with Crippen LogP contribution in [-0.4, -0.2) is 5.78 Å². The zero-order chi connectivity index (χ0) is 12.3. The molecule has 0 amide bonds. The molecule has 17 heavy (non-hydrogen) atoms. The van der Waals surface area contributed by atoms with Crippen LogP contribution >= 0.6 is 0 Å².